The molecular weight excluding hydrogens is 235 g/mol. The van der Waals surface area contributed by atoms with Crippen molar-refractivity contribution in [2.45, 2.75) is 0 Å². The van der Waals surface area contributed by atoms with E-state index in [1.807, 2.05) is 0 Å². The van der Waals surface area contributed by atoms with Crippen LogP contribution in [-0.4, -0.2) is 9.36 Å². The first kappa shape index (κ1) is 8.62. The van der Waals surface area contributed by atoms with Crippen LogP contribution in [0.5, 0.6) is 0 Å². The average molecular weight is 236 g/mol. The van der Waals surface area contributed by atoms with Crippen molar-refractivity contribution in [3.05, 3.63) is 9.20 Å². The summed E-state index contributed by atoms with van der Waals surface area (Å²) >= 11 is 9.57. The van der Waals surface area contributed by atoms with E-state index in [4.69, 9.17) is 11.6 Å². The summed E-state index contributed by atoms with van der Waals surface area (Å²) in [6.07, 6.45) is 0. The van der Waals surface area contributed by atoms with E-state index in [-0.39, 0.29) is 12.4 Å². The van der Waals surface area contributed by atoms with Crippen LogP contribution in [0.4, 0.5) is 0 Å². The van der Waals surface area contributed by atoms with Gasteiger partial charge in [-0.25, -0.2) is 0 Å². The molecule has 0 aliphatic heterocycles. The van der Waals surface area contributed by atoms with Crippen molar-refractivity contribution in [2.24, 2.45) is 0 Å². The maximum Gasteiger partial charge on any atom is 0.210 e. The van der Waals surface area contributed by atoms with Gasteiger partial charge in [0.2, 0.25) is 9.20 Å². The minimum Gasteiger partial charge on any atom is -0.197 e. The molecular formula is C2HBrCl2N2S. The highest BCUT2D eigenvalue weighted by atomic mass is 79.9. The quantitative estimate of drug-likeness (QED) is 0.690. The van der Waals surface area contributed by atoms with Crippen LogP contribution in [0.15, 0.2) is 4.73 Å². The molecule has 0 aliphatic rings. The van der Waals surface area contributed by atoms with E-state index in [1.54, 1.807) is 0 Å². The van der Waals surface area contributed by atoms with E-state index < -0.39 is 0 Å². The largest absolute Gasteiger partial charge is 0.210 e. The number of aromatic nitrogens is 2. The van der Waals surface area contributed by atoms with E-state index in [0.29, 0.717) is 9.20 Å². The van der Waals surface area contributed by atoms with E-state index >= 15 is 0 Å². The molecule has 1 rings (SSSR count). The Labute approximate surface area is 70.0 Å². The molecule has 0 saturated carbocycles. The van der Waals surface area contributed by atoms with Gasteiger partial charge in [0.15, 0.2) is 0 Å². The lowest BCUT2D eigenvalue weighted by atomic mass is 11.3. The van der Waals surface area contributed by atoms with Crippen molar-refractivity contribution in [1.82, 2.24) is 9.36 Å². The van der Waals surface area contributed by atoms with Crippen LogP contribution >= 0.6 is 51.5 Å². The highest BCUT2D eigenvalue weighted by Gasteiger charge is 1.92. The predicted octanol–water partition coefficient (Wildman–Crippen LogP) is 2.38. The molecule has 2 nitrogen and oxygen atoms in total. The second kappa shape index (κ2) is 3.61. The monoisotopic (exact) mass is 234 g/mol. The predicted molar refractivity (Wildman–Crippen MR) is 39.9 cm³/mol. The normalized spacial score (nSPS) is 8.25. The molecule has 6 heteroatoms. The molecule has 0 radical (unpaired) electrons. The zero-order valence-corrected chi connectivity index (χ0v) is 7.44. The Hall–Kier alpha value is 0.620. The maximum absolute atomic E-state index is 5.38. The molecule has 46 valence electrons. The molecule has 0 saturated heterocycles. The summed E-state index contributed by atoms with van der Waals surface area (Å²) in [4.78, 5) is 3.70. The molecule has 0 spiro atoms. The summed E-state index contributed by atoms with van der Waals surface area (Å²) in [5, 5.41) is 0. The Morgan fingerprint density at radius 1 is 1.62 bits per heavy atom. The number of halogens is 3. The Balaban J connectivity index is 0.000000490. The van der Waals surface area contributed by atoms with Gasteiger partial charge < -0.3 is 0 Å². The van der Waals surface area contributed by atoms with Crippen LogP contribution in [-0.2, 0) is 0 Å². The van der Waals surface area contributed by atoms with Crippen LogP contribution in [0.1, 0.15) is 0 Å². The Bertz CT molecular complexity index is 150. The summed E-state index contributed by atoms with van der Waals surface area (Å²) in [5.74, 6) is 0. The first-order chi connectivity index (χ1) is 3.29. The van der Waals surface area contributed by atoms with Crippen LogP contribution in [0, 0.1) is 0 Å². The number of hydrogen-bond donors (Lipinski definition) is 0. The Morgan fingerprint density at radius 2 is 2.25 bits per heavy atom. The fourth-order valence-electron chi connectivity index (χ4n) is 0.189. The van der Waals surface area contributed by atoms with Crippen molar-refractivity contribution >= 4 is 51.5 Å². The molecule has 1 aromatic rings. The summed E-state index contributed by atoms with van der Waals surface area (Å²) in [6, 6.07) is 0. The van der Waals surface area contributed by atoms with Gasteiger partial charge in [0.25, 0.3) is 0 Å². The SMILES string of the molecule is Cl.Clc1nc(Br)ns1. The van der Waals surface area contributed by atoms with Gasteiger partial charge in [-0.05, 0) is 39.1 Å². The van der Waals surface area contributed by atoms with Crippen LogP contribution in [0.3, 0.4) is 0 Å². The maximum atomic E-state index is 5.38. The van der Waals surface area contributed by atoms with E-state index in [1.165, 1.54) is 0 Å². The topological polar surface area (TPSA) is 25.8 Å². The van der Waals surface area contributed by atoms with Gasteiger partial charge in [0.1, 0.15) is 0 Å². The summed E-state index contributed by atoms with van der Waals surface area (Å²) < 4.78 is 4.75. The molecule has 0 atom stereocenters. The third-order valence-electron chi connectivity index (χ3n) is 0.376. The highest BCUT2D eigenvalue weighted by Crippen LogP contribution is 2.13. The third-order valence-corrected chi connectivity index (χ3v) is 1.76. The zero-order valence-electron chi connectivity index (χ0n) is 3.47. The van der Waals surface area contributed by atoms with E-state index in [9.17, 15) is 0 Å². The smallest absolute Gasteiger partial charge is 0.197 e. The minimum atomic E-state index is 0. The van der Waals surface area contributed by atoms with Crippen molar-refractivity contribution in [1.29, 1.82) is 0 Å². The van der Waals surface area contributed by atoms with Crippen LogP contribution in [0.25, 0.3) is 0 Å². The average Bonchev–Trinajstić information content (AvgIpc) is 1.87. The first-order valence-electron chi connectivity index (χ1n) is 1.44. The molecule has 0 aliphatic carbocycles. The van der Waals surface area contributed by atoms with E-state index in [0.717, 1.165) is 11.5 Å². The second-order valence-electron chi connectivity index (χ2n) is 0.816. The van der Waals surface area contributed by atoms with Crippen molar-refractivity contribution < 1.29 is 0 Å². The van der Waals surface area contributed by atoms with Crippen molar-refractivity contribution in [2.75, 3.05) is 0 Å². The lowest BCUT2D eigenvalue weighted by molar-refractivity contribution is 1.26. The third kappa shape index (κ3) is 2.26. The van der Waals surface area contributed by atoms with Gasteiger partial charge in [0.05, 0.1) is 0 Å². The molecule has 1 aromatic heterocycles. The summed E-state index contributed by atoms with van der Waals surface area (Å²) in [5.41, 5.74) is 0. The van der Waals surface area contributed by atoms with Gasteiger partial charge in [-0.3, -0.25) is 0 Å². The fourth-order valence-corrected chi connectivity index (χ4v) is 1.30. The number of nitrogens with zero attached hydrogens (tertiary/aromatic N) is 2. The lowest BCUT2D eigenvalue weighted by Crippen LogP contribution is -1.59. The van der Waals surface area contributed by atoms with Gasteiger partial charge in [-0.1, -0.05) is 0 Å². The molecule has 0 bridgehead atoms. The summed E-state index contributed by atoms with van der Waals surface area (Å²) in [7, 11) is 0. The fraction of sp³-hybridized carbons (Fsp3) is 0. The van der Waals surface area contributed by atoms with Gasteiger partial charge in [-0.2, -0.15) is 9.36 Å². The van der Waals surface area contributed by atoms with Gasteiger partial charge in [-0.15, -0.1) is 12.4 Å². The Morgan fingerprint density at radius 3 is 2.38 bits per heavy atom. The van der Waals surface area contributed by atoms with Crippen molar-refractivity contribution in [3.63, 3.8) is 0 Å². The second-order valence-corrected chi connectivity index (χ2v) is 2.86. The van der Waals surface area contributed by atoms with Gasteiger partial charge >= 0.3 is 0 Å². The summed E-state index contributed by atoms with van der Waals surface area (Å²) in [6.45, 7) is 0. The molecule has 0 fully saturated rings. The van der Waals surface area contributed by atoms with E-state index in [2.05, 4.69) is 25.3 Å². The Kier molecular flexibility index (Phi) is 3.89. The standard InChI is InChI=1S/C2BrClN2S.ClH/c3-1-5-2(4)7-6-1;/h;1H. The number of rotatable bonds is 0. The minimum absolute atomic E-state index is 0. The molecule has 1 heterocycles. The molecule has 0 amide bonds. The van der Waals surface area contributed by atoms with Crippen LogP contribution < -0.4 is 0 Å². The van der Waals surface area contributed by atoms with Crippen molar-refractivity contribution in [3.8, 4) is 0 Å². The highest BCUT2D eigenvalue weighted by molar-refractivity contribution is 9.10. The number of hydrogen-bond acceptors (Lipinski definition) is 3. The lowest BCUT2D eigenvalue weighted by Gasteiger charge is -1.63. The zero-order chi connectivity index (χ0) is 5.28. The molecule has 0 unspecified atom stereocenters. The molecule has 8 heavy (non-hydrogen) atoms. The first-order valence-corrected chi connectivity index (χ1v) is 3.38. The molecule has 0 N–H and O–H groups in total. The molecule has 0 aromatic carbocycles. The van der Waals surface area contributed by atoms with Gasteiger partial charge in [0, 0.05) is 0 Å². The van der Waals surface area contributed by atoms with Crippen LogP contribution in [0.2, 0.25) is 4.47 Å².